The summed E-state index contributed by atoms with van der Waals surface area (Å²) in [6, 6.07) is 7.97. The summed E-state index contributed by atoms with van der Waals surface area (Å²) in [7, 11) is 0. The van der Waals surface area contributed by atoms with Crippen LogP contribution < -0.4 is 11.1 Å². The predicted octanol–water partition coefficient (Wildman–Crippen LogP) is 3.50. The van der Waals surface area contributed by atoms with Crippen molar-refractivity contribution in [3.8, 4) is 0 Å². The summed E-state index contributed by atoms with van der Waals surface area (Å²) in [4.78, 5) is 6.15. The van der Waals surface area contributed by atoms with Crippen LogP contribution in [0.15, 0.2) is 28.1 Å². The van der Waals surface area contributed by atoms with Gasteiger partial charge in [-0.15, -0.1) is 11.3 Å². The minimum atomic E-state index is 0.399. The zero-order valence-corrected chi connectivity index (χ0v) is 13.7. The van der Waals surface area contributed by atoms with Gasteiger partial charge in [0.2, 0.25) is 0 Å². The largest absolute Gasteiger partial charge is 0.389 e. The average Bonchev–Trinajstić information content (AvgIpc) is 2.74. The number of nitrogens with one attached hydrogen (secondary N) is 1. The first kappa shape index (κ1) is 14.4. The summed E-state index contributed by atoms with van der Waals surface area (Å²) in [5.41, 5.74) is 7.41. The molecule has 0 bridgehead atoms. The van der Waals surface area contributed by atoms with Gasteiger partial charge in [-0.05, 0) is 53.5 Å². The van der Waals surface area contributed by atoms with E-state index in [1.807, 2.05) is 19.1 Å². The molecule has 3 nitrogen and oxygen atoms in total. The minimum absolute atomic E-state index is 0.399. The summed E-state index contributed by atoms with van der Waals surface area (Å²) in [6.45, 7) is 2.77. The van der Waals surface area contributed by atoms with Crippen molar-refractivity contribution >= 4 is 50.3 Å². The van der Waals surface area contributed by atoms with Crippen LogP contribution in [0, 0.1) is 6.92 Å². The Labute approximate surface area is 130 Å². The smallest absolute Gasteiger partial charge is 0.126 e. The van der Waals surface area contributed by atoms with Gasteiger partial charge in [0, 0.05) is 22.7 Å². The number of halogens is 1. The molecule has 2 aromatic rings. The van der Waals surface area contributed by atoms with Gasteiger partial charge in [-0.1, -0.05) is 12.2 Å². The number of hydrogen-bond acceptors (Lipinski definition) is 4. The summed E-state index contributed by atoms with van der Waals surface area (Å²) in [6.07, 6.45) is 0.967. The molecule has 0 saturated carbocycles. The summed E-state index contributed by atoms with van der Waals surface area (Å²) >= 11 is 10.2. The highest BCUT2D eigenvalue weighted by Gasteiger charge is 2.03. The quantitative estimate of drug-likeness (QED) is 0.805. The van der Waals surface area contributed by atoms with E-state index in [1.54, 1.807) is 11.3 Å². The molecular weight excluding hydrogens is 342 g/mol. The van der Waals surface area contributed by atoms with Gasteiger partial charge in [-0.3, -0.25) is 0 Å². The van der Waals surface area contributed by atoms with Crippen molar-refractivity contribution in [2.75, 3.05) is 11.9 Å². The maximum absolute atomic E-state index is 5.65. The number of pyridine rings is 1. The van der Waals surface area contributed by atoms with Crippen LogP contribution in [0.4, 0.5) is 5.82 Å². The Morgan fingerprint density at radius 2 is 2.26 bits per heavy atom. The second-order valence-electron chi connectivity index (χ2n) is 4.13. The molecule has 100 valence electrons. The van der Waals surface area contributed by atoms with Crippen LogP contribution >= 0.6 is 39.5 Å². The fraction of sp³-hybridized carbons (Fsp3) is 0.231. The Morgan fingerprint density at radius 3 is 2.89 bits per heavy atom. The maximum Gasteiger partial charge on any atom is 0.126 e. The van der Waals surface area contributed by atoms with Crippen LogP contribution in [0.25, 0.3) is 0 Å². The van der Waals surface area contributed by atoms with Crippen molar-refractivity contribution in [1.29, 1.82) is 0 Å². The first-order valence-corrected chi connectivity index (χ1v) is 7.83. The van der Waals surface area contributed by atoms with Crippen molar-refractivity contribution in [3.63, 3.8) is 0 Å². The predicted molar refractivity (Wildman–Crippen MR) is 89.1 cm³/mol. The highest BCUT2D eigenvalue weighted by molar-refractivity contribution is 9.11. The summed E-state index contributed by atoms with van der Waals surface area (Å²) < 4.78 is 1.16. The van der Waals surface area contributed by atoms with Crippen molar-refractivity contribution in [2.45, 2.75) is 13.3 Å². The SMILES string of the molecule is Cc1cc(C(N)=S)cc(NCCc2ccc(Br)s2)n1. The highest BCUT2D eigenvalue weighted by atomic mass is 79.9. The third kappa shape index (κ3) is 4.26. The van der Waals surface area contributed by atoms with Crippen LogP contribution in [-0.2, 0) is 6.42 Å². The van der Waals surface area contributed by atoms with E-state index in [0.717, 1.165) is 33.8 Å². The van der Waals surface area contributed by atoms with Crippen LogP contribution in [0.3, 0.4) is 0 Å². The van der Waals surface area contributed by atoms with E-state index in [0.29, 0.717) is 4.99 Å². The Morgan fingerprint density at radius 1 is 1.47 bits per heavy atom. The highest BCUT2D eigenvalue weighted by Crippen LogP contribution is 2.22. The van der Waals surface area contributed by atoms with Gasteiger partial charge in [0.25, 0.3) is 0 Å². The fourth-order valence-electron chi connectivity index (χ4n) is 1.70. The van der Waals surface area contributed by atoms with Gasteiger partial charge in [-0.25, -0.2) is 4.98 Å². The average molecular weight is 356 g/mol. The molecule has 0 aliphatic heterocycles. The zero-order chi connectivity index (χ0) is 13.8. The second kappa shape index (κ2) is 6.45. The normalized spacial score (nSPS) is 10.4. The number of nitrogens with two attached hydrogens (primary N) is 1. The maximum atomic E-state index is 5.65. The lowest BCUT2D eigenvalue weighted by molar-refractivity contribution is 1.02. The molecule has 0 amide bonds. The molecule has 0 saturated heterocycles. The third-order valence-corrected chi connectivity index (χ3v) is 4.46. The van der Waals surface area contributed by atoms with Crippen LogP contribution in [0.5, 0.6) is 0 Å². The molecule has 0 spiro atoms. The minimum Gasteiger partial charge on any atom is -0.389 e. The number of nitrogens with zero attached hydrogens (tertiary/aromatic N) is 1. The Kier molecular flexibility index (Phi) is 4.90. The van der Waals surface area contributed by atoms with E-state index in [9.17, 15) is 0 Å². The molecule has 6 heteroatoms. The third-order valence-electron chi connectivity index (χ3n) is 2.54. The molecule has 2 heterocycles. The Balaban J connectivity index is 1.97. The lowest BCUT2D eigenvalue weighted by Crippen LogP contribution is -2.12. The van der Waals surface area contributed by atoms with Crippen LogP contribution in [0.2, 0.25) is 0 Å². The number of aromatic nitrogens is 1. The van der Waals surface area contributed by atoms with E-state index in [-0.39, 0.29) is 0 Å². The van der Waals surface area contributed by atoms with Crippen molar-refractivity contribution in [1.82, 2.24) is 4.98 Å². The zero-order valence-electron chi connectivity index (χ0n) is 10.4. The molecule has 0 radical (unpaired) electrons. The van der Waals surface area contributed by atoms with Gasteiger partial charge in [0.1, 0.15) is 10.8 Å². The lowest BCUT2D eigenvalue weighted by Gasteiger charge is -2.08. The number of thiophene rings is 1. The van der Waals surface area contributed by atoms with Gasteiger partial charge in [0.15, 0.2) is 0 Å². The molecular formula is C13H14BrN3S2. The Hall–Kier alpha value is -0.980. The van der Waals surface area contributed by atoms with Crippen LogP contribution in [0.1, 0.15) is 16.1 Å². The molecule has 0 atom stereocenters. The monoisotopic (exact) mass is 355 g/mol. The van der Waals surface area contributed by atoms with E-state index >= 15 is 0 Å². The number of thiocarbonyl (C=S) groups is 1. The van der Waals surface area contributed by atoms with Gasteiger partial charge >= 0.3 is 0 Å². The van der Waals surface area contributed by atoms with E-state index < -0.39 is 0 Å². The van der Waals surface area contributed by atoms with E-state index in [4.69, 9.17) is 18.0 Å². The number of rotatable bonds is 5. The first-order valence-electron chi connectivity index (χ1n) is 5.81. The van der Waals surface area contributed by atoms with Gasteiger partial charge < -0.3 is 11.1 Å². The number of hydrogen-bond donors (Lipinski definition) is 2. The number of anilines is 1. The molecule has 0 fully saturated rings. The van der Waals surface area contributed by atoms with Crippen molar-refractivity contribution in [3.05, 3.63) is 44.2 Å². The molecule has 0 aromatic carbocycles. The van der Waals surface area contributed by atoms with Crippen LogP contribution in [-0.4, -0.2) is 16.5 Å². The first-order chi connectivity index (χ1) is 9.04. The summed E-state index contributed by atoms with van der Waals surface area (Å²) in [5.74, 6) is 0.818. The molecule has 3 N–H and O–H groups in total. The molecule has 19 heavy (non-hydrogen) atoms. The second-order valence-corrected chi connectivity index (χ2v) is 7.12. The Bertz CT molecular complexity index is 595. The summed E-state index contributed by atoms with van der Waals surface area (Å²) in [5, 5.41) is 3.30. The molecule has 2 aromatic heterocycles. The molecule has 2 rings (SSSR count). The van der Waals surface area contributed by atoms with E-state index in [1.165, 1.54) is 4.88 Å². The molecule has 0 aliphatic rings. The van der Waals surface area contributed by atoms with Gasteiger partial charge in [0.05, 0.1) is 3.79 Å². The lowest BCUT2D eigenvalue weighted by atomic mass is 10.2. The van der Waals surface area contributed by atoms with Gasteiger partial charge in [-0.2, -0.15) is 0 Å². The fourth-order valence-corrected chi connectivity index (χ4v) is 3.30. The molecule has 0 unspecified atom stereocenters. The van der Waals surface area contributed by atoms with Crippen molar-refractivity contribution in [2.24, 2.45) is 5.73 Å². The number of aryl methyl sites for hydroxylation is 1. The van der Waals surface area contributed by atoms with Crippen molar-refractivity contribution < 1.29 is 0 Å². The molecule has 0 aliphatic carbocycles. The van der Waals surface area contributed by atoms with E-state index in [2.05, 4.69) is 38.4 Å². The standard InChI is InChI=1S/C13H14BrN3S2/c1-8-6-9(13(15)18)7-12(17-8)16-5-4-10-2-3-11(14)19-10/h2-3,6-7H,4-5H2,1H3,(H2,15,18)(H,16,17). The topological polar surface area (TPSA) is 50.9 Å².